The molecular formula is C22H40O7. The molecule has 0 amide bonds. The zero-order chi connectivity index (χ0) is 22.1. The quantitative estimate of drug-likeness (QED) is 0.190. The van der Waals surface area contributed by atoms with E-state index in [1.54, 1.807) is 13.0 Å². The van der Waals surface area contributed by atoms with Gasteiger partial charge in [0.25, 0.3) is 0 Å². The van der Waals surface area contributed by atoms with Gasteiger partial charge in [-0.05, 0) is 19.8 Å². The number of hydrogen-bond acceptors (Lipinski definition) is 7. The Hall–Kier alpha value is -1.44. The van der Waals surface area contributed by atoms with Gasteiger partial charge >= 0.3 is 11.9 Å². The first-order chi connectivity index (χ1) is 13.9. The molecular weight excluding hydrogens is 376 g/mol. The van der Waals surface area contributed by atoms with E-state index in [1.807, 2.05) is 0 Å². The van der Waals surface area contributed by atoms with Crippen LogP contribution in [0.15, 0.2) is 11.6 Å². The highest BCUT2D eigenvalue weighted by Crippen LogP contribution is 2.13. The number of hydrogen-bond donors (Lipinski definition) is 3. The molecule has 3 N–H and O–H groups in total. The van der Waals surface area contributed by atoms with Crippen molar-refractivity contribution < 1.29 is 34.4 Å². The van der Waals surface area contributed by atoms with Crippen LogP contribution in [0.5, 0.6) is 0 Å². The number of rotatable bonds is 17. The minimum absolute atomic E-state index is 0.360. The van der Waals surface area contributed by atoms with Crippen LogP contribution in [0.3, 0.4) is 0 Å². The number of carbonyl (C=O) groups excluding carboxylic acids is 2. The smallest absolute Gasteiger partial charge is 0.337 e. The van der Waals surface area contributed by atoms with Crippen LogP contribution in [-0.2, 0) is 19.1 Å². The molecule has 0 spiro atoms. The van der Waals surface area contributed by atoms with Gasteiger partial charge < -0.3 is 24.8 Å². The summed E-state index contributed by atoms with van der Waals surface area (Å²) in [5, 5.41) is 28.8. The van der Waals surface area contributed by atoms with Crippen molar-refractivity contribution in [1.82, 2.24) is 0 Å². The van der Waals surface area contributed by atoms with Gasteiger partial charge in [-0.3, -0.25) is 0 Å². The van der Waals surface area contributed by atoms with Crippen LogP contribution in [0.2, 0.25) is 0 Å². The summed E-state index contributed by atoms with van der Waals surface area (Å²) >= 11 is 0. The van der Waals surface area contributed by atoms with Gasteiger partial charge in [-0.1, -0.05) is 70.8 Å². The number of unbranched alkanes of at least 4 members (excludes halogenated alkanes) is 10. The lowest BCUT2D eigenvalue weighted by molar-refractivity contribution is -0.173. The molecule has 170 valence electrons. The van der Waals surface area contributed by atoms with E-state index in [-0.39, 0.29) is 0 Å². The fourth-order valence-corrected chi connectivity index (χ4v) is 2.94. The molecule has 7 nitrogen and oxygen atoms in total. The molecule has 0 heterocycles. The monoisotopic (exact) mass is 416 g/mol. The summed E-state index contributed by atoms with van der Waals surface area (Å²) in [5.74, 6) is -1.77. The van der Waals surface area contributed by atoms with Crippen LogP contribution >= 0.6 is 0 Å². The summed E-state index contributed by atoms with van der Waals surface area (Å²) in [6, 6.07) is 0. The van der Waals surface area contributed by atoms with Gasteiger partial charge in [0.1, 0.15) is 6.10 Å². The van der Waals surface area contributed by atoms with E-state index in [0.717, 1.165) is 26.4 Å². The number of carbonyl (C=O) groups is 2. The van der Waals surface area contributed by atoms with Crippen LogP contribution in [0.1, 0.15) is 84.5 Å². The van der Waals surface area contributed by atoms with Gasteiger partial charge in [0, 0.05) is 5.57 Å². The van der Waals surface area contributed by atoms with Gasteiger partial charge in [-0.2, -0.15) is 0 Å². The molecule has 7 heteroatoms. The van der Waals surface area contributed by atoms with Crippen LogP contribution in [0.25, 0.3) is 0 Å². The third kappa shape index (κ3) is 12.7. The SMILES string of the molecule is CCCCCCCCCCCC/C=C(\C)C(=O)OC(CO)C(O)C(O)C(=O)OC. The minimum atomic E-state index is -1.90. The summed E-state index contributed by atoms with van der Waals surface area (Å²) in [7, 11) is 1.05. The first-order valence-corrected chi connectivity index (χ1v) is 10.8. The van der Waals surface area contributed by atoms with Crippen LogP contribution < -0.4 is 0 Å². The molecule has 0 saturated heterocycles. The zero-order valence-electron chi connectivity index (χ0n) is 18.3. The van der Waals surface area contributed by atoms with E-state index in [2.05, 4.69) is 11.7 Å². The van der Waals surface area contributed by atoms with Gasteiger partial charge in [-0.25, -0.2) is 9.59 Å². The van der Waals surface area contributed by atoms with Crippen molar-refractivity contribution >= 4 is 11.9 Å². The second kappa shape index (κ2) is 17.4. The Morgan fingerprint density at radius 3 is 1.93 bits per heavy atom. The molecule has 0 fully saturated rings. The zero-order valence-corrected chi connectivity index (χ0v) is 18.3. The molecule has 0 aromatic rings. The van der Waals surface area contributed by atoms with E-state index >= 15 is 0 Å². The molecule has 29 heavy (non-hydrogen) atoms. The average molecular weight is 417 g/mol. The van der Waals surface area contributed by atoms with E-state index in [9.17, 15) is 24.9 Å². The molecule has 0 rings (SSSR count). The molecule has 0 aromatic heterocycles. The number of methoxy groups -OCH3 is 1. The molecule has 0 saturated carbocycles. The van der Waals surface area contributed by atoms with Gasteiger partial charge in [0.15, 0.2) is 12.2 Å². The van der Waals surface area contributed by atoms with Crippen LogP contribution in [-0.4, -0.2) is 59.3 Å². The topological polar surface area (TPSA) is 113 Å². The Balaban J connectivity index is 4.09. The predicted molar refractivity (Wildman–Crippen MR) is 111 cm³/mol. The molecule has 0 bridgehead atoms. The maximum atomic E-state index is 12.1. The number of esters is 2. The van der Waals surface area contributed by atoms with Crippen molar-refractivity contribution in [3.8, 4) is 0 Å². The highest BCUT2D eigenvalue weighted by Gasteiger charge is 2.34. The molecule has 0 radical (unpaired) electrons. The van der Waals surface area contributed by atoms with Crippen molar-refractivity contribution in [3.63, 3.8) is 0 Å². The van der Waals surface area contributed by atoms with E-state index in [1.165, 1.54) is 51.4 Å². The second-order valence-corrected chi connectivity index (χ2v) is 7.44. The van der Waals surface area contributed by atoms with Crippen molar-refractivity contribution in [2.45, 2.75) is 103 Å². The maximum Gasteiger partial charge on any atom is 0.337 e. The molecule has 0 aliphatic carbocycles. The number of ether oxygens (including phenoxy) is 2. The molecule has 3 atom stereocenters. The minimum Gasteiger partial charge on any atom is -0.467 e. The van der Waals surface area contributed by atoms with Crippen LogP contribution in [0, 0.1) is 0 Å². The lowest BCUT2D eigenvalue weighted by Gasteiger charge is -2.24. The van der Waals surface area contributed by atoms with Gasteiger partial charge in [-0.15, -0.1) is 0 Å². The predicted octanol–water partition coefficient (Wildman–Crippen LogP) is 3.04. The molecule has 0 aromatic carbocycles. The highest BCUT2D eigenvalue weighted by molar-refractivity contribution is 5.87. The van der Waals surface area contributed by atoms with E-state index in [0.29, 0.717) is 5.57 Å². The number of allylic oxidation sites excluding steroid dienone is 1. The van der Waals surface area contributed by atoms with Crippen molar-refractivity contribution in [2.75, 3.05) is 13.7 Å². The Morgan fingerprint density at radius 2 is 1.45 bits per heavy atom. The van der Waals surface area contributed by atoms with Crippen molar-refractivity contribution in [3.05, 3.63) is 11.6 Å². The third-order valence-corrected chi connectivity index (χ3v) is 4.92. The lowest BCUT2D eigenvalue weighted by Crippen LogP contribution is -2.46. The Kier molecular flexibility index (Phi) is 16.6. The fourth-order valence-electron chi connectivity index (χ4n) is 2.94. The average Bonchev–Trinajstić information content (AvgIpc) is 2.73. The first kappa shape index (κ1) is 27.6. The fraction of sp³-hybridized carbons (Fsp3) is 0.818. The van der Waals surface area contributed by atoms with E-state index in [4.69, 9.17) is 4.74 Å². The summed E-state index contributed by atoms with van der Waals surface area (Å²) < 4.78 is 9.33. The molecule has 3 unspecified atom stereocenters. The standard InChI is InChI=1S/C22H40O7/c1-4-5-6-7-8-9-10-11-12-13-14-15-17(2)21(26)29-18(16-23)19(24)20(25)22(27)28-3/h15,18-20,23-25H,4-14,16H2,1-3H3/b17-15+. The first-order valence-electron chi connectivity index (χ1n) is 10.8. The Labute approximate surface area is 175 Å². The van der Waals surface area contributed by atoms with Crippen molar-refractivity contribution in [2.24, 2.45) is 0 Å². The van der Waals surface area contributed by atoms with E-state index < -0.39 is 36.9 Å². The lowest BCUT2D eigenvalue weighted by atomic mass is 10.1. The molecule has 0 aliphatic rings. The second-order valence-electron chi connectivity index (χ2n) is 7.44. The summed E-state index contributed by atoms with van der Waals surface area (Å²) in [6.07, 6.45) is 9.82. The maximum absolute atomic E-state index is 12.1. The highest BCUT2D eigenvalue weighted by atomic mass is 16.6. The Morgan fingerprint density at radius 1 is 0.931 bits per heavy atom. The van der Waals surface area contributed by atoms with Crippen molar-refractivity contribution in [1.29, 1.82) is 0 Å². The summed E-state index contributed by atoms with van der Waals surface area (Å²) in [6.45, 7) is 3.09. The number of aliphatic hydroxyl groups is 3. The number of aliphatic hydroxyl groups excluding tert-OH is 3. The largest absolute Gasteiger partial charge is 0.467 e. The normalized spacial score (nSPS) is 14.9. The third-order valence-electron chi connectivity index (χ3n) is 4.92. The van der Waals surface area contributed by atoms with Gasteiger partial charge in [0.05, 0.1) is 13.7 Å². The molecule has 0 aliphatic heterocycles. The Bertz CT molecular complexity index is 476. The summed E-state index contributed by atoms with van der Waals surface area (Å²) in [5.41, 5.74) is 0.360. The summed E-state index contributed by atoms with van der Waals surface area (Å²) in [4.78, 5) is 23.3. The van der Waals surface area contributed by atoms with Gasteiger partial charge in [0.2, 0.25) is 0 Å². The van der Waals surface area contributed by atoms with Crippen LogP contribution in [0.4, 0.5) is 0 Å².